The van der Waals surface area contributed by atoms with Crippen molar-refractivity contribution in [1.29, 1.82) is 0 Å². The van der Waals surface area contributed by atoms with Gasteiger partial charge >= 0.3 is 0 Å². The van der Waals surface area contributed by atoms with Gasteiger partial charge < -0.3 is 16.2 Å². The number of aliphatic hydroxyl groups excluding tert-OH is 1. The summed E-state index contributed by atoms with van der Waals surface area (Å²) in [7, 11) is 0. The van der Waals surface area contributed by atoms with E-state index in [1.165, 1.54) is 0 Å². The Labute approximate surface area is 102 Å². The highest BCUT2D eigenvalue weighted by Crippen LogP contribution is 2.08. The summed E-state index contributed by atoms with van der Waals surface area (Å²) in [6.07, 6.45) is 1.66. The summed E-state index contributed by atoms with van der Waals surface area (Å²) in [5.41, 5.74) is 6.77. The van der Waals surface area contributed by atoms with Crippen molar-refractivity contribution in [1.82, 2.24) is 5.32 Å². The molecule has 0 heterocycles. The van der Waals surface area contributed by atoms with Crippen LogP contribution < -0.4 is 11.1 Å². The van der Waals surface area contributed by atoms with Crippen LogP contribution in [0.2, 0.25) is 0 Å². The van der Waals surface area contributed by atoms with E-state index in [1.54, 1.807) is 24.3 Å². The van der Waals surface area contributed by atoms with Crippen molar-refractivity contribution in [2.75, 3.05) is 18.9 Å². The van der Waals surface area contributed by atoms with E-state index in [-0.39, 0.29) is 12.5 Å². The number of benzene rings is 1. The lowest BCUT2D eigenvalue weighted by Crippen LogP contribution is -2.29. The first-order valence-corrected chi connectivity index (χ1v) is 5.92. The standard InChI is InChI=1S/C13H20N2O2/c1-2-10(6-7-16)9-15-13(17)11-4-3-5-12(14)8-11/h3-5,8,10,16H,2,6-7,9,14H2,1H3,(H,15,17). The highest BCUT2D eigenvalue weighted by molar-refractivity contribution is 5.94. The number of nitrogens with two attached hydrogens (primary N) is 1. The van der Waals surface area contributed by atoms with Crippen molar-refractivity contribution < 1.29 is 9.90 Å². The fraction of sp³-hybridized carbons (Fsp3) is 0.462. The van der Waals surface area contributed by atoms with Crippen LogP contribution in [0, 0.1) is 5.92 Å². The molecule has 1 aromatic carbocycles. The second-order valence-corrected chi connectivity index (χ2v) is 4.12. The molecular formula is C13H20N2O2. The van der Waals surface area contributed by atoms with Crippen LogP contribution in [0.3, 0.4) is 0 Å². The molecule has 4 nitrogen and oxygen atoms in total. The molecule has 4 N–H and O–H groups in total. The highest BCUT2D eigenvalue weighted by Gasteiger charge is 2.09. The zero-order valence-electron chi connectivity index (χ0n) is 10.1. The molecule has 0 saturated heterocycles. The molecule has 94 valence electrons. The second kappa shape index (κ2) is 6.91. The summed E-state index contributed by atoms with van der Waals surface area (Å²) in [4.78, 5) is 11.8. The van der Waals surface area contributed by atoms with Crippen molar-refractivity contribution in [2.45, 2.75) is 19.8 Å². The molecule has 0 radical (unpaired) electrons. The van der Waals surface area contributed by atoms with E-state index in [0.717, 1.165) is 6.42 Å². The number of rotatable bonds is 6. The molecule has 0 aliphatic heterocycles. The third-order valence-electron chi connectivity index (χ3n) is 2.81. The summed E-state index contributed by atoms with van der Waals surface area (Å²) >= 11 is 0. The van der Waals surface area contributed by atoms with Gasteiger partial charge in [0.1, 0.15) is 0 Å². The highest BCUT2D eigenvalue weighted by atomic mass is 16.3. The average molecular weight is 236 g/mol. The van der Waals surface area contributed by atoms with Crippen LogP contribution in [0.1, 0.15) is 30.1 Å². The molecule has 1 unspecified atom stereocenters. The van der Waals surface area contributed by atoms with E-state index in [4.69, 9.17) is 10.8 Å². The van der Waals surface area contributed by atoms with Crippen molar-refractivity contribution in [3.05, 3.63) is 29.8 Å². The summed E-state index contributed by atoms with van der Waals surface area (Å²) < 4.78 is 0. The van der Waals surface area contributed by atoms with Gasteiger partial charge in [0.2, 0.25) is 0 Å². The minimum atomic E-state index is -0.117. The minimum Gasteiger partial charge on any atom is -0.399 e. The predicted octanol–water partition coefficient (Wildman–Crippen LogP) is 1.41. The summed E-state index contributed by atoms with van der Waals surface area (Å²) in [5.74, 6) is 0.207. The topological polar surface area (TPSA) is 75.3 Å². The maximum Gasteiger partial charge on any atom is 0.251 e. The maximum absolute atomic E-state index is 11.8. The zero-order chi connectivity index (χ0) is 12.7. The number of anilines is 1. The Morgan fingerprint density at radius 2 is 2.29 bits per heavy atom. The first-order valence-electron chi connectivity index (χ1n) is 5.92. The maximum atomic E-state index is 11.8. The molecule has 1 atom stereocenters. The number of carbonyl (C=O) groups excluding carboxylic acids is 1. The van der Waals surface area contributed by atoms with Crippen LogP contribution in [-0.2, 0) is 0 Å². The minimum absolute atomic E-state index is 0.117. The first kappa shape index (κ1) is 13.5. The number of carbonyl (C=O) groups is 1. The average Bonchev–Trinajstić information content (AvgIpc) is 2.34. The van der Waals surface area contributed by atoms with Gasteiger partial charge in [-0.3, -0.25) is 4.79 Å². The molecule has 1 rings (SSSR count). The van der Waals surface area contributed by atoms with Crippen LogP contribution in [-0.4, -0.2) is 24.2 Å². The van der Waals surface area contributed by atoms with Crippen LogP contribution in [0.15, 0.2) is 24.3 Å². The molecule has 0 saturated carbocycles. The van der Waals surface area contributed by atoms with Crippen molar-refractivity contribution in [3.8, 4) is 0 Å². The second-order valence-electron chi connectivity index (χ2n) is 4.12. The molecular weight excluding hydrogens is 216 g/mol. The molecule has 1 aromatic rings. The van der Waals surface area contributed by atoms with Gasteiger partial charge in [-0.15, -0.1) is 0 Å². The van der Waals surface area contributed by atoms with E-state index in [0.29, 0.717) is 30.1 Å². The molecule has 17 heavy (non-hydrogen) atoms. The SMILES string of the molecule is CCC(CCO)CNC(=O)c1cccc(N)c1. The Kier molecular flexibility index (Phi) is 5.49. The lowest BCUT2D eigenvalue weighted by Gasteiger charge is -2.14. The molecule has 1 amide bonds. The summed E-state index contributed by atoms with van der Waals surface area (Å²) in [6, 6.07) is 6.90. The number of hydrogen-bond donors (Lipinski definition) is 3. The van der Waals surface area contributed by atoms with E-state index in [9.17, 15) is 4.79 Å². The lowest BCUT2D eigenvalue weighted by molar-refractivity contribution is 0.0943. The number of nitrogen functional groups attached to an aromatic ring is 1. The van der Waals surface area contributed by atoms with E-state index in [1.807, 2.05) is 6.92 Å². The molecule has 0 spiro atoms. The van der Waals surface area contributed by atoms with Gasteiger partial charge in [0, 0.05) is 24.4 Å². The number of amides is 1. The monoisotopic (exact) mass is 236 g/mol. The smallest absolute Gasteiger partial charge is 0.251 e. The molecule has 0 aromatic heterocycles. The van der Waals surface area contributed by atoms with Gasteiger partial charge in [0.15, 0.2) is 0 Å². The first-order chi connectivity index (χ1) is 8.17. The Bertz CT molecular complexity index is 366. The third-order valence-corrected chi connectivity index (χ3v) is 2.81. The third kappa shape index (κ3) is 4.44. The molecule has 0 fully saturated rings. The van der Waals surface area contributed by atoms with E-state index >= 15 is 0 Å². The van der Waals surface area contributed by atoms with Gasteiger partial charge in [-0.05, 0) is 30.5 Å². The Balaban J connectivity index is 2.49. The van der Waals surface area contributed by atoms with Gasteiger partial charge in [0.05, 0.1) is 0 Å². The van der Waals surface area contributed by atoms with E-state index < -0.39 is 0 Å². The molecule has 0 bridgehead atoms. The van der Waals surface area contributed by atoms with Gasteiger partial charge in [-0.25, -0.2) is 0 Å². The lowest BCUT2D eigenvalue weighted by atomic mass is 10.0. The van der Waals surface area contributed by atoms with Crippen molar-refractivity contribution in [2.24, 2.45) is 5.92 Å². The van der Waals surface area contributed by atoms with Crippen LogP contribution in [0.4, 0.5) is 5.69 Å². The fourth-order valence-electron chi connectivity index (χ4n) is 1.65. The van der Waals surface area contributed by atoms with Gasteiger partial charge in [-0.1, -0.05) is 19.4 Å². The predicted molar refractivity (Wildman–Crippen MR) is 68.7 cm³/mol. The normalized spacial score (nSPS) is 12.1. The summed E-state index contributed by atoms with van der Waals surface area (Å²) in [6.45, 7) is 2.80. The van der Waals surface area contributed by atoms with Crippen LogP contribution in [0.5, 0.6) is 0 Å². The van der Waals surface area contributed by atoms with E-state index in [2.05, 4.69) is 5.32 Å². The quantitative estimate of drug-likeness (QED) is 0.654. The number of hydrogen-bond acceptors (Lipinski definition) is 3. The largest absolute Gasteiger partial charge is 0.399 e. The van der Waals surface area contributed by atoms with Gasteiger partial charge in [-0.2, -0.15) is 0 Å². The number of aliphatic hydroxyl groups is 1. The van der Waals surface area contributed by atoms with Crippen molar-refractivity contribution in [3.63, 3.8) is 0 Å². The number of nitrogens with one attached hydrogen (secondary N) is 1. The molecule has 4 heteroatoms. The zero-order valence-corrected chi connectivity index (χ0v) is 10.1. The Hall–Kier alpha value is -1.55. The Morgan fingerprint density at radius 3 is 2.88 bits per heavy atom. The Morgan fingerprint density at radius 1 is 1.53 bits per heavy atom. The molecule has 0 aliphatic rings. The fourth-order valence-corrected chi connectivity index (χ4v) is 1.65. The molecule has 0 aliphatic carbocycles. The van der Waals surface area contributed by atoms with Crippen molar-refractivity contribution >= 4 is 11.6 Å². The summed E-state index contributed by atoms with van der Waals surface area (Å²) in [5, 5.41) is 11.7. The van der Waals surface area contributed by atoms with Crippen LogP contribution >= 0.6 is 0 Å². The van der Waals surface area contributed by atoms with Gasteiger partial charge in [0.25, 0.3) is 5.91 Å². The van der Waals surface area contributed by atoms with Crippen LogP contribution in [0.25, 0.3) is 0 Å².